The minimum Gasteiger partial charge on any atom is -0.481 e. The van der Waals surface area contributed by atoms with Crippen molar-refractivity contribution in [3.05, 3.63) is 41.3 Å². The topological polar surface area (TPSA) is 62.8 Å². The highest BCUT2D eigenvalue weighted by Gasteiger charge is 2.03. The van der Waals surface area contributed by atoms with E-state index in [2.05, 4.69) is 20.5 Å². The van der Waals surface area contributed by atoms with Crippen molar-refractivity contribution in [2.24, 2.45) is 0 Å². The Morgan fingerprint density at radius 1 is 1.35 bits per heavy atom. The zero-order chi connectivity index (χ0) is 12.1. The summed E-state index contributed by atoms with van der Waals surface area (Å²) in [6, 6.07) is 3.91. The highest BCUT2D eigenvalue weighted by molar-refractivity contribution is 5.25. The summed E-state index contributed by atoms with van der Waals surface area (Å²) in [4.78, 5) is 4.15. The molecule has 17 heavy (non-hydrogen) atoms. The van der Waals surface area contributed by atoms with Crippen LogP contribution in [-0.2, 0) is 13.1 Å². The van der Waals surface area contributed by atoms with Gasteiger partial charge < -0.3 is 10.1 Å². The van der Waals surface area contributed by atoms with E-state index in [4.69, 9.17) is 4.74 Å². The van der Waals surface area contributed by atoms with E-state index in [1.54, 1.807) is 13.3 Å². The number of nitrogens with one attached hydrogen (secondary N) is 2. The lowest BCUT2D eigenvalue weighted by atomic mass is 10.2. The summed E-state index contributed by atoms with van der Waals surface area (Å²) in [6.07, 6.45) is 3.56. The van der Waals surface area contributed by atoms with Crippen LogP contribution >= 0.6 is 0 Å². The molecule has 5 nitrogen and oxygen atoms in total. The number of methoxy groups -OCH3 is 1. The van der Waals surface area contributed by atoms with Crippen LogP contribution < -0.4 is 10.1 Å². The number of rotatable bonds is 5. The molecule has 0 saturated carbocycles. The molecule has 0 atom stereocenters. The number of hydrogen-bond donors (Lipinski definition) is 2. The van der Waals surface area contributed by atoms with Gasteiger partial charge in [-0.25, -0.2) is 4.98 Å². The van der Waals surface area contributed by atoms with Crippen molar-refractivity contribution in [2.75, 3.05) is 7.11 Å². The molecule has 0 aliphatic rings. The molecule has 0 saturated heterocycles. The second-order valence-electron chi connectivity index (χ2n) is 3.80. The summed E-state index contributed by atoms with van der Waals surface area (Å²) in [5, 5.41) is 10.2. The number of aryl methyl sites for hydroxylation is 1. The van der Waals surface area contributed by atoms with Crippen molar-refractivity contribution in [2.45, 2.75) is 20.0 Å². The predicted octanol–water partition coefficient (Wildman–Crippen LogP) is 1.41. The monoisotopic (exact) mass is 232 g/mol. The van der Waals surface area contributed by atoms with E-state index < -0.39 is 0 Å². The molecule has 0 unspecified atom stereocenters. The fourth-order valence-corrected chi connectivity index (χ4v) is 1.63. The molecule has 0 spiro atoms. The van der Waals surface area contributed by atoms with Gasteiger partial charge >= 0.3 is 0 Å². The van der Waals surface area contributed by atoms with Crippen molar-refractivity contribution < 1.29 is 4.74 Å². The van der Waals surface area contributed by atoms with Gasteiger partial charge in [-0.05, 0) is 13.0 Å². The third kappa shape index (κ3) is 2.82. The zero-order valence-electron chi connectivity index (χ0n) is 10.0. The maximum atomic E-state index is 5.19. The fraction of sp³-hybridized carbons (Fsp3) is 0.333. The molecule has 0 bridgehead atoms. The summed E-state index contributed by atoms with van der Waals surface area (Å²) in [7, 11) is 1.63. The standard InChI is InChI=1S/C12H16N4O/c1-9-11(8-15-16-9)7-13-6-10-4-3-5-14-12(10)17-2/h3-5,8,13H,6-7H2,1-2H3,(H,15,16). The van der Waals surface area contributed by atoms with Crippen LogP contribution in [0.5, 0.6) is 5.88 Å². The SMILES string of the molecule is COc1ncccc1CNCc1cn[nH]c1C. The zero-order valence-corrected chi connectivity index (χ0v) is 10.0. The van der Waals surface area contributed by atoms with E-state index in [1.807, 2.05) is 25.3 Å². The Kier molecular flexibility index (Phi) is 3.72. The smallest absolute Gasteiger partial charge is 0.217 e. The second kappa shape index (κ2) is 5.45. The molecule has 0 aromatic carbocycles. The van der Waals surface area contributed by atoms with Crippen molar-refractivity contribution >= 4 is 0 Å². The predicted molar refractivity (Wildman–Crippen MR) is 64.7 cm³/mol. The number of aromatic nitrogens is 3. The van der Waals surface area contributed by atoms with Gasteiger partial charge in [0.15, 0.2) is 0 Å². The maximum Gasteiger partial charge on any atom is 0.217 e. The Balaban J connectivity index is 1.92. The Labute approximate surface area is 100 Å². The van der Waals surface area contributed by atoms with Gasteiger partial charge in [0.2, 0.25) is 5.88 Å². The Morgan fingerprint density at radius 2 is 2.18 bits per heavy atom. The van der Waals surface area contributed by atoms with Gasteiger partial charge in [-0.15, -0.1) is 0 Å². The first-order valence-electron chi connectivity index (χ1n) is 5.48. The van der Waals surface area contributed by atoms with Crippen LogP contribution in [0.15, 0.2) is 24.5 Å². The van der Waals surface area contributed by atoms with Crippen LogP contribution in [0.25, 0.3) is 0 Å². The Morgan fingerprint density at radius 3 is 2.88 bits per heavy atom. The van der Waals surface area contributed by atoms with Crippen LogP contribution in [0.1, 0.15) is 16.8 Å². The van der Waals surface area contributed by atoms with Crippen LogP contribution in [0, 0.1) is 6.92 Å². The maximum absolute atomic E-state index is 5.19. The molecule has 0 aliphatic carbocycles. The summed E-state index contributed by atoms with van der Waals surface area (Å²) >= 11 is 0. The highest BCUT2D eigenvalue weighted by Crippen LogP contribution is 2.13. The molecule has 0 fully saturated rings. The summed E-state index contributed by atoms with van der Waals surface area (Å²) < 4.78 is 5.19. The number of H-pyrrole nitrogens is 1. The van der Waals surface area contributed by atoms with Gasteiger partial charge in [0, 0.05) is 36.1 Å². The lowest BCUT2D eigenvalue weighted by molar-refractivity contribution is 0.390. The minimum absolute atomic E-state index is 0.670. The first-order chi connectivity index (χ1) is 8.31. The van der Waals surface area contributed by atoms with Gasteiger partial charge in [-0.3, -0.25) is 5.10 Å². The van der Waals surface area contributed by atoms with Crippen LogP contribution in [0.3, 0.4) is 0 Å². The number of aromatic amines is 1. The molecule has 0 radical (unpaired) electrons. The van der Waals surface area contributed by atoms with Gasteiger partial charge in [0.05, 0.1) is 13.3 Å². The van der Waals surface area contributed by atoms with Crippen LogP contribution in [0.4, 0.5) is 0 Å². The number of ether oxygens (including phenoxy) is 1. The lowest BCUT2D eigenvalue weighted by Gasteiger charge is -2.07. The van der Waals surface area contributed by atoms with Crippen LogP contribution in [0.2, 0.25) is 0 Å². The average Bonchev–Trinajstić information content (AvgIpc) is 2.76. The Bertz CT molecular complexity index is 481. The van der Waals surface area contributed by atoms with Gasteiger partial charge in [-0.2, -0.15) is 5.10 Å². The quantitative estimate of drug-likeness (QED) is 0.818. The third-order valence-corrected chi connectivity index (χ3v) is 2.61. The molecule has 0 aliphatic heterocycles. The molecule has 2 N–H and O–H groups in total. The van der Waals surface area contributed by atoms with E-state index in [0.29, 0.717) is 5.88 Å². The minimum atomic E-state index is 0.670. The van der Waals surface area contributed by atoms with E-state index in [9.17, 15) is 0 Å². The first kappa shape index (κ1) is 11.6. The van der Waals surface area contributed by atoms with Crippen LogP contribution in [-0.4, -0.2) is 22.3 Å². The number of pyridine rings is 1. The molecule has 2 heterocycles. The summed E-state index contributed by atoms with van der Waals surface area (Å²) in [6.45, 7) is 3.51. The normalized spacial score (nSPS) is 10.5. The van der Waals surface area contributed by atoms with Crippen molar-refractivity contribution in [1.29, 1.82) is 0 Å². The molecule has 2 aromatic heterocycles. The summed E-state index contributed by atoms with van der Waals surface area (Å²) in [5.41, 5.74) is 3.32. The second-order valence-corrected chi connectivity index (χ2v) is 3.80. The van der Waals surface area contributed by atoms with Crippen molar-refractivity contribution in [1.82, 2.24) is 20.5 Å². The molecule has 2 aromatic rings. The molecule has 90 valence electrons. The van der Waals surface area contributed by atoms with E-state index >= 15 is 0 Å². The van der Waals surface area contributed by atoms with E-state index in [1.165, 1.54) is 5.56 Å². The van der Waals surface area contributed by atoms with Gasteiger partial charge in [0.25, 0.3) is 0 Å². The van der Waals surface area contributed by atoms with Gasteiger partial charge in [-0.1, -0.05) is 6.07 Å². The lowest BCUT2D eigenvalue weighted by Crippen LogP contribution is -2.14. The molecule has 5 heteroatoms. The number of nitrogens with zero attached hydrogens (tertiary/aromatic N) is 2. The first-order valence-corrected chi connectivity index (χ1v) is 5.48. The molecule has 0 amide bonds. The van der Waals surface area contributed by atoms with Crippen molar-refractivity contribution in [3.63, 3.8) is 0 Å². The third-order valence-electron chi connectivity index (χ3n) is 2.61. The molecule has 2 rings (SSSR count). The highest BCUT2D eigenvalue weighted by atomic mass is 16.5. The largest absolute Gasteiger partial charge is 0.481 e. The molecular formula is C12H16N4O. The van der Waals surface area contributed by atoms with E-state index in [0.717, 1.165) is 24.3 Å². The summed E-state index contributed by atoms with van der Waals surface area (Å²) in [5.74, 6) is 0.670. The van der Waals surface area contributed by atoms with Crippen molar-refractivity contribution in [3.8, 4) is 5.88 Å². The average molecular weight is 232 g/mol. The number of hydrogen-bond acceptors (Lipinski definition) is 4. The molecular weight excluding hydrogens is 216 g/mol. The van der Waals surface area contributed by atoms with Gasteiger partial charge in [0.1, 0.15) is 0 Å². The fourth-order valence-electron chi connectivity index (χ4n) is 1.63. The van der Waals surface area contributed by atoms with E-state index in [-0.39, 0.29) is 0 Å². The Hall–Kier alpha value is -1.88.